The van der Waals surface area contributed by atoms with Crippen molar-refractivity contribution in [2.45, 2.75) is 117 Å². The lowest BCUT2D eigenvalue weighted by Crippen LogP contribution is -2.65. The number of esters is 2. The third-order valence-electron chi connectivity index (χ3n) is 9.72. The molecule has 0 heterocycles. The van der Waals surface area contributed by atoms with E-state index in [1.165, 1.54) is 0 Å². The summed E-state index contributed by atoms with van der Waals surface area (Å²) in [5, 5.41) is -5.79. The van der Waals surface area contributed by atoms with Gasteiger partial charge >= 0.3 is 33.5 Å². The van der Waals surface area contributed by atoms with Gasteiger partial charge in [0.05, 0.1) is 10.8 Å². The van der Waals surface area contributed by atoms with Crippen molar-refractivity contribution in [3.8, 4) is 0 Å². The molecule has 0 aromatic heterocycles. The van der Waals surface area contributed by atoms with Crippen LogP contribution in [0, 0.1) is 39.4 Å². The zero-order valence-corrected chi connectivity index (χ0v) is 25.1. The Bertz CT molecular complexity index is 1120. The lowest BCUT2D eigenvalue weighted by Gasteiger charge is -2.63. The molecule has 0 saturated heterocycles. The van der Waals surface area contributed by atoms with E-state index in [4.69, 9.17) is 9.29 Å². The maximum Gasteiger partial charge on any atom is 0.432 e. The van der Waals surface area contributed by atoms with E-state index in [0.717, 1.165) is 0 Å². The molecule has 4 fully saturated rings. The number of ether oxygens (including phenoxy) is 2. The Morgan fingerprint density at radius 3 is 1.77 bits per heavy atom. The first-order valence-corrected chi connectivity index (χ1v) is 14.9. The third kappa shape index (κ3) is 5.62. The van der Waals surface area contributed by atoms with Gasteiger partial charge in [0.15, 0.2) is 0 Å². The zero-order valence-electron chi connectivity index (χ0n) is 24.2. The van der Waals surface area contributed by atoms with Crippen LogP contribution < -0.4 is 0 Å². The predicted molar refractivity (Wildman–Crippen MR) is 135 cm³/mol. The molecule has 232 valence electrons. The average molecular weight is 605 g/mol. The van der Waals surface area contributed by atoms with E-state index in [0.29, 0.717) is 19.3 Å². The molecule has 0 spiro atoms. The van der Waals surface area contributed by atoms with Gasteiger partial charge < -0.3 is 9.47 Å². The minimum Gasteiger partial charge on any atom is -0.458 e. The van der Waals surface area contributed by atoms with Crippen LogP contribution in [0.1, 0.15) is 93.9 Å². The number of hydrogen-bond donors (Lipinski definition) is 1. The summed E-state index contributed by atoms with van der Waals surface area (Å²) in [6.07, 6.45) is -8.78. The van der Waals surface area contributed by atoms with E-state index in [9.17, 15) is 40.0 Å². The Labute approximate surface area is 232 Å². The van der Waals surface area contributed by atoms with E-state index >= 15 is 0 Å². The second-order valence-corrected chi connectivity index (χ2v) is 16.4. The van der Waals surface area contributed by atoms with Crippen molar-refractivity contribution in [3.05, 3.63) is 0 Å². The summed E-state index contributed by atoms with van der Waals surface area (Å²) in [6, 6.07) is 0. The second-order valence-electron chi connectivity index (χ2n) is 14.9. The Kier molecular flexibility index (Phi) is 7.84. The second kappa shape index (κ2) is 9.50. The number of hydrogen-bond acceptors (Lipinski definition) is 6. The molecule has 4 bridgehead atoms. The van der Waals surface area contributed by atoms with E-state index in [-0.39, 0.29) is 30.6 Å². The van der Waals surface area contributed by atoms with Gasteiger partial charge in [-0.3, -0.25) is 14.1 Å². The lowest BCUT2D eigenvalue weighted by atomic mass is 9.44. The smallest absolute Gasteiger partial charge is 0.432 e. The van der Waals surface area contributed by atoms with Crippen LogP contribution in [0.25, 0.3) is 0 Å². The number of carbonyl (C=O) groups is 2. The number of alkyl halides is 5. The third-order valence-corrected chi connectivity index (χ3v) is 10.6. The molecule has 4 aliphatic carbocycles. The fourth-order valence-corrected chi connectivity index (χ4v) is 7.77. The Balaban J connectivity index is 1.90. The van der Waals surface area contributed by atoms with Gasteiger partial charge in [-0.1, -0.05) is 41.5 Å². The average Bonchev–Trinajstić information content (AvgIpc) is 2.71. The van der Waals surface area contributed by atoms with Crippen LogP contribution in [0.3, 0.4) is 0 Å². The van der Waals surface area contributed by atoms with Gasteiger partial charge in [0.2, 0.25) is 0 Å². The predicted octanol–water partition coefficient (Wildman–Crippen LogP) is 6.56. The molecule has 0 aromatic carbocycles. The Hall–Kier alpha value is -1.50. The minimum absolute atomic E-state index is 0.0594. The molecule has 4 unspecified atom stereocenters. The zero-order chi connectivity index (χ0) is 31.1. The summed E-state index contributed by atoms with van der Waals surface area (Å²) in [6.45, 7) is 15.5. The van der Waals surface area contributed by atoms with Gasteiger partial charge in [-0.05, 0) is 69.1 Å². The quantitative estimate of drug-likeness (QED) is 0.199. The van der Waals surface area contributed by atoms with Crippen molar-refractivity contribution in [2.24, 2.45) is 39.4 Å². The Morgan fingerprint density at radius 2 is 1.40 bits per heavy atom. The van der Waals surface area contributed by atoms with Crippen molar-refractivity contribution in [3.63, 3.8) is 0 Å². The Morgan fingerprint density at radius 1 is 0.925 bits per heavy atom. The molecule has 0 aliphatic heterocycles. The van der Waals surface area contributed by atoms with Gasteiger partial charge in [-0.25, -0.2) is 0 Å². The molecule has 40 heavy (non-hydrogen) atoms. The molecule has 4 atom stereocenters. The maximum atomic E-state index is 14.1. The van der Waals surface area contributed by atoms with Gasteiger partial charge in [0.25, 0.3) is 6.10 Å². The van der Waals surface area contributed by atoms with Crippen LogP contribution in [-0.4, -0.2) is 48.0 Å². The van der Waals surface area contributed by atoms with E-state index in [1.54, 1.807) is 6.92 Å². The molecule has 0 amide bonds. The summed E-state index contributed by atoms with van der Waals surface area (Å²) >= 11 is 0. The van der Waals surface area contributed by atoms with Crippen LogP contribution in [0.4, 0.5) is 22.0 Å². The fraction of sp³-hybridized carbons (Fsp3) is 0.926. The number of carbonyl (C=O) groups excluding carboxylic acids is 2. The minimum atomic E-state index is -6.55. The van der Waals surface area contributed by atoms with Crippen molar-refractivity contribution in [1.29, 1.82) is 0 Å². The lowest BCUT2D eigenvalue weighted by molar-refractivity contribution is -0.272. The summed E-state index contributed by atoms with van der Waals surface area (Å²) in [4.78, 5) is 27.0. The molecule has 4 rings (SSSR count). The number of halogens is 5. The molecule has 4 aliphatic rings. The first-order chi connectivity index (χ1) is 17.6. The topological polar surface area (TPSA) is 107 Å². The van der Waals surface area contributed by atoms with E-state index in [2.05, 4.69) is 4.74 Å². The monoisotopic (exact) mass is 604 g/mol. The molecule has 0 radical (unpaired) electrons. The van der Waals surface area contributed by atoms with Gasteiger partial charge in [-0.2, -0.15) is 30.4 Å². The molecule has 7 nitrogen and oxygen atoms in total. The first kappa shape index (κ1) is 33.0. The molecule has 1 N–H and O–H groups in total. The van der Waals surface area contributed by atoms with Crippen LogP contribution in [-0.2, 0) is 29.2 Å². The summed E-state index contributed by atoms with van der Waals surface area (Å²) in [5.41, 5.74) is -4.18. The summed E-state index contributed by atoms with van der Waals surface area (Å²) in [7, 11) is -6.55. The van der Waals surface area contributed by atoms with Crippen LogP contribution >= 0.6 is 0 Å². The van der Waals surface area contributed by atoms with E-state index < -0.39 is 73.3 Å². The van der Waals surface area contributed by atoms with Crippen LogP contribution in [0.15, 0.2) is 0 Å². The van der Waals surface area contributed by atoms with Gasteiger partial charge in [0.1, 0.15) is 5.60 Å². The highest BCUT2D eigenvalue weighted by Crippen LogP contribution is 2.65. The highest BCUT2D eigenvalue weighted by atomic mass is 32.2. The first-order valence-electron chi connectivity index (χ1n) is 13.5. The standard InChI is InChI=1S/C27H41F5O7S/c1-21(2,3)14-23(7,22(4,5)6)19(33)39-24(8)16-9-15-10-17(24)13-25(11-15,12-16)20(34)38-18(26(28,29)30)27(31,32)40(35,36)37/h15-18H,9-14H2,1-8H3,(H,35,36,37). The van der Waals surface area contributed by atoms with E-state index in [1.807, 2.05) is 48.5 Å². The largest absolute Gasteiger partial charge is 0.458 e. The van der Waals surface area contributed by atoms with Crippen LogP contribution in [0.2, 0.25) is 0 Å². The summed E-state index contributed by atoms with van der Waals surface area (Å²) in [5.74, 6) is -3.02. The molecule has 4 saturated carbocycles. The SMILES string of the molecule is CC(C)(C)CC(C)(C(=O)OC1(C)C2CC3CC1CC(C(=O)OC(C(F)(F)F)C(F)(F)S(=O)(=O)O)(C3)C2)C(C)(C)C. The highest BCUT2D eigenvalue weighted by molar-refractivity contribution is 7.86. The fourth-order valence-electron chi connectivity index (χ4n) is 7.31. The van der Waals surface area contributed by atoms with Crippen molar-refractivity contribution in [2.75, 3.05) is 0 Å². The molecular formula is C27H41F5O7S. The van der Waals surface area contributed by atoms with Crippen molar-refractivity contribution in [1.82, 2.24) is 0 Å². The normalized spacial score (nSPS) is 33.3. The molecular weight excluding hydrogens is 563 g/mol. The summed E-state index contributed by atoms with van der Waals surface area (Å²) < 4.78 is 110. The van der Waals surface area contributed by atoms with Crippen molar-refractivity contribution >= 4 is 22.1 Å². The van der Waals surface area contributed by atoms with Crippen LogP contribution in [0.5, 0.6) is 0 Å². The molecule has 13 heteroatoms. The highest BCUT2D eigenvalue weighted by Gasteiger charge is 2.70. The molecule has 0 aromatic rings. The number of rotatable bonds is 7. The van der Waals surface area contributed by atoms with Gasteiger partial charge in [0, 0.05) is 11.8 Å². The van der Waals surface area contributed by atoms with Gasteiger partial charge in [-0.15, -0.1) is 0 Å². The van der Waals surface area contributed by atoms with Crippen molar-refractivity contribution < 1.29 is 54.0 Å². The maximum absolute atomic E-state index is 14.1.